The van der Waals surface area contributed by atoms with Crippen LogP contribution in [0, 0.1) is 0 Å². The first-order valence-corrected chi connectivity index (χ1v) is 4.21. The molecule has 70 valence electrons. The van der Waals surface area contributed by atoms with Crippen LogP contribution in [0.5, 0.6) is 0 Å². The van der Waals surface area contributed by atoms with Crippen LogP contribution in [-0.2, 0) is 0 Å². The minimum atomic E-state index is 0.734. The third kappa shape index (κ3) is 4.11. The lowest BCUT2D eigenvalue weighted by atomic mass is 10.3. The third-order valence-corrected chi connectivity index (χ3v) is 1.35. The predicted octanol–water partition coefficient (Wildman–Crippen LogP) is 3.18. The lowest BCUT2D eigenvalue weighted by Crippen LogP contribution is -1.83. The molecule has 0 unspecified atom stereocenters. The minimum absolute atomic E-state index is 0.734. The Kier molecular flexibility index (Phi) is 6.24. The van der Waals surface area contributed by atoms with Crippen molar-refractivity contribution in [1.82, 2.24) is 0 Å². The maximum atomic E-state index is 5.65. The zero-order chi connectivity index (χ0) is 10.1. The van der Waals surface area contributed by atoms with Crippen molar-refractivity contribution in [2.24, 2.45) is 4.99 Å². The Labute approximate surface area is 79.8 Å². The quantitative estimate of drug-likeness (QED) is 0.419. The first kappa shape index (κ1) is 11.4. The van der Waals surface area contributed by atoms with Gasteiger partial charge in [-0.05, 0) is 18.6 Å². The van der Waals surface area contributed by atoms with Gasteiger partial charge in [0, 0.05) is 6.21 Å². The summed E-state index contributed by atoms with van der Waals surface area (Å²) < 4.78 is 0. The van der Waals surface area contributed by atoms with E-state index in [2.05, 4.69) is 18.2 Å². The summed E-state index contributed by atoms with van der Waals surface area (Å²) in [5.41, 5.74) is 7.24. The zero-order valence-corrected chi connectivity index (χ0v) is 8.03. The van der Waals surface area contributed by atoms with Gasteiger partial charge in [-0.2, -0.15) is 0 Å². The second kappa shape index (κ2) is 7.10. The van der Waals surface area contributed by atoms with Crippen LogP contribution in [-0.4, -0.2) is 6.21 Å². The highest BCUT2D eigenvalue weighted by molar-refractivity contribution is 5.70. The molecule has 0 fully saturated rings. The molecule has 0 amide bonds. The normalized spacial score (nSPS) is 9.31. The lowest BCUT2D eigenvalue weighted by Gasteiger charge is -1.96. The molecule has 2 N–H and O–H groups in total. The highest BCUT2D eigenvalue weighted by atomic mass is 14.8. The first-order chi connectivity index (χ1) is 6.34. The summed E-state index contributed by atoms with van der Waals surface area (Å²) >= 11 is 0. The number of hydrogen-bond acceptors (Lipinski definition) is 2. The van der Waals surface area contributed by atoms with Gasteiger partial charge in [0.05, 0.1) is 11.4 Å². The van der Waals surface area contributed by atoms with Crippen LogP contribution in [0.1, 0.15) is 13.3 Å². The summed E-state index contributed by atoms with van der Waals surface area (Å²) in [5, 5.41) is 0. The van der Waals surface area contributed by atoms with Crippen molar-refractivity contribution in [2.75, 3.05) is 5.73 Å². The van der Waals surface area contributed by atoms with Gasteiger partial charge < -0.3 is 5.73 Å². The van der Waals surface area contributed by atoms with Crippen LogP contribution >= 0.6 is 0 Å². The van der Waals surface area contributed by atoms with E-state index in [0.29, 0.717) is 0 Å². The van der Waals surface area contributed by atoms with E-state index < -0.39 is 0 Å². The fourth-order valence-corrected chi connectivity index (χ4v) is 0.795. The molecule has 2 nitrogen and oxygen atoms in total. The van der Waals surface area contributed by atoms with Gasteiger partial charge in [0.1, 0.15) is 0 Å². The summed E-state index contributed by atoms with van der Waals surface area (Å²) in [6.45, 7) is 8.04. The second-order valence-electron chi connectivity index (χ2n) is 2.28. The van der Waals surface area contributed by atoms with Crippen molar-refractivity contribution in [3.05, 3.63) is 37.4 Å². The van der Waals surface area contributed by atoms with Gasteiger partial charge in [-0.3, -0.25) is 4.99 Å². The van der Waals surface area contributed by atoms with Crippen LogP contribution in [0.15, 0.2) is 42.4 Å². The molecule has 1 aromatic rings. The molecule has 0 radical (unpaired) electrons. The van der Waals surface area contributed by atoms with E-state index in [9.17, 15) is 0 Å². The first-order valence-electron chi connectivity index (χ1n) is 4.21. The number of para-hydroxylation sites is 2. The number of benzene rings is 1. The van der Waals surface area contributed by atoms with Crippen molar-refractivity contribution in [1.29, 1.82) is 0 Å². The molecule has 0 spiro atoms. The SMILES string of the molecule is C=C.CCC=Nc1ccccc1N. The number of nitrogen functional groups attached to an aromatic ring is 1. The van der Waals surface area contributed by atoms with E-state index in [1.165, 1.54) is 0 Å². The molecule has 2 heteroatoms. The molecule has 0 aromatic heterocycles. The average Bonchev–Trinajstić information content (AvgIpc) is 2.20. The summed E-state index contributed by atoms with van der Waals surface area (Å²) in [7, 11) is 0. The number of aliphatic imine (C=N–C) groups is 1. The fraction of sp³-hybridized carbons (Fsp3) is 0.182. The average molecular weight is 176 g/mol. The molecule has 13 heavy (non-hydrogen) atoms. The summed E-state index contributed by atoms with van der Waals surface area (Å²) in [6, 6.07) is 7.59. The molecule has 0 bridgehead atoms. The summed E-state index contributed by atoms with van der Waals surface area (Å²) in [6.07, 6.45) is 2.79. The van der Waals surface area contributed by atoms with Gasteiger partial charge in [-0.1, -0.05) is 19.1 Å². The van der Waals surface area contributed by atoms with Crippen LogP contribution in [0.25, 0.3) is 0 Å². The maximum Gasteiger partial charge on any atom is 0.0854 e. The van der Waals surface area contributed by atoms with E-state index in [-0.39, 0.29) is 0 Å². The van der Waals surface area contributed by atoms with Gasteiger partial charge in [-0.15, -0.1) is 13.2 Å². The Morgan fingerprint density at radius 2 is 2.00 bits per heavy atom. The molecule has 0 aliphatic heterocycles. The second-order valence-corrected chi connectivity index (χ2v) is 2.28. The van der Waals surface area contributed by atoms with Crippen molar-refractivity contribution < 1.29 is 0 Å². The molecule has 0 aliphatic rings. The van der Waals surface area contributed by atoms with Gasteiger partial charge >= 0.3 is 0 Å². The summed E-state index contributed by atoms with van der Waals surface area (Å²) in [5.74, 6) is 0. The number of rotatable bonds is 2. The van der Waals surface area contributed by atoms with Gasteiger partial charge in [0.2, 0.25) is 0 Å². The third-order valence-electron chi connectivity index (χ3n) is 1.35. The van der Waals surface area contributed by atoms with Crippen LogP contribution in [0.3, 0.4) is 0 Å². The van der Waals surface area contributed by atoms with Crippen molar-refractivity contribution in [2.45, 2.75) is 13.3 Å². The lowest BCUT2D eigenvalue weighted by molar-refractivity contribution is 1.31. The predicted molar refractivity (Wildman–Crippen MR) is 60.6 cm³/mol. The molecule has 0 saturated carbocycles. The van der Waals surface area contributed by atoms with E-state index in [0.717, 1.165) is 17.8 Å². The standard InChI is InChI=1S/C9H12N2.C2H4/c1-2-7-11-9-6-4-3-5-8(9)10;1-2/h3-7H,2,10H2,1H3;1-2H2. The van der Waals surface area contributed by atoms with Crippen LogP contribution in [0.4, 0.5) is 11.4 Å². The fourth-order valence-electron chi connectivity index (χ4n) is 0.795. The summed E-state index contributed by atoms with van der Waals surface area (Å²) in [4.78, 5) is 4.17. The number of nitrogens with two attached hydrogens (primary N) is 1. The van der Waals surface area contributed by atoms with Gasteiger partial charge in [0.15, 0.2) is 0 Å². The molecule has 0 atom stereocenters. The van der Waals surface area contributed by atoms with Crippen LogP contribution < -0.4 is 5.73 Å². The molecule has 1 aromatic carbocycles. The molecule has 0 aliphatic carbocycles. The molecule has 0 saturated heterocycles. The maximum absolute atomic E-state index is 5.65. The Balaban J connectivity index is 0.000000671. The number of hydrogen-bond donors (Lipinski definition) is 1. The molecule has 0 heterocycles. The molecule has 1 rings (SSSR count). The Morgan fingerprint density at radius 3 is 2.54 bits per heavy atom. The monoisotopic (exact) mass is 176 g/mol. The number of anilines is 1. The van der Waals surface area contributed by atoms with Crippen molar-refractivity contribution >= 4 is 17.6 Å². The Hall–Kier alpha value is -1.57. The largest absolute Gasteiger partial charge is 0.397 e. The smallest absolute Gasteiger partial charge is 0.0854 e. The van der Waals surface area contributed by atoms with E-state index in [4.69, 9.17) is 5.73 Å². The highest BCUT2D eigenvalue weighted by Gasteiger charge is 1.90. The van der Waals surface area contributed by atoms with Gasteiger partial charge in [-0.25, -0.2) is 0 Å². The van der Waals surface area contributed by atoms with Crippen LogP contribution in [0.2, 0.25) is 0 Å². The van der Waals surface area contributed by atoms with E-state index in [1.54, 1.807) is 0 Å². The van der Waals surface area contributed by atoms with E-state index in [1.807, 2.05) is 37.4 Å². The topological polar surface area (TPSA) is 38.4 Å². The minimum Gasteiger partial charge on any atom is -0.397 e. The van der Waals surface area contributed by atoms with Crippen molar-refractivity contribution in [3.8, 4) is 0 Å². The van der Waals surface area contributed by atoms with Gasteiger partial charge in [0.25, 0.3) is 0 Å². The van der Waals surface area contributed by atoms with E-state index >= 15 is 0 Å². The molecular weight excluding hydrogens is 160 g/mol. The Morgan fingerprint density at radius 1 is 1.38 bits per heavy atom. The highest BCUT2D eigenvalue weighted by Crippen LogP contribution is 2.19. The zero-order valence-electron chi connectivity index (χ0n) is 8.03. The number of nitrogens with zero attached hydrogens (tertiary/aromatic N) is 1. The molecular formula is C11H16N2. The Bertz CT molecular complexity index is 267. The van der Waals surface area contributed by atoms with Crippen molar-refractivity contribution in [3.63, 3.8) is 0 Å².